The van der Waals surface area contributed by atoms with E-state index in [-0.39, 0.29) is 5.91 Å². The van der Waals surface area contributed by atoms with E-state index in [2.05, 4.69) is 24.4 Å². The molecule has 0 heterocycles. The van der Waals surface area contributed by atoms with Crippen molar-refractivity contribution >= 4 is 5.91 Å². The summed E-state index contributed by atoms with van der Waals surface area (Å²) in [5.41, 5.74) is 1.26. The maximum atomic E-state index is 12.0. The van der Waals surface area contributed by atoms with Crippen LogP contribution >= 0.6 is 0 Å². The highest BCUT2D eigenvalue weighted by molar-refractivity contribution is 5.76. The predicted octanol–water partition coefficient (Wildman–Crippen LogP) is 3.77. The number of carbonyl (C=O) groups excluding carboxylic acids is 1. The molecule has 4 nitrogen and oxygen atoms in total. The fourth-order valence-corrected chi connectivity index (χ4v) is 2.54. The summed E-state index contributed by atoms with van der Waals surface area (Å²) in [6.45, 7) is 3.11. The molecule has 1 N–H and O–H groups in total. The summed E-state index contributed by atoms with van der Waals surface area (Å²) < 4.78 is 10.9. The molecule has 0 saturated heterocycles. The van der Waals surface area contributed by atoms with Crippen molar-refractivity contribution in [1.82, 2.24) is 5.32 Å². The van der Waals surface area contributed by atoms with Crippen molar-refractivity contribution in [3.05, 3.63) is 60.2 Å². The fourth-order valence-electron chi connectivity index (χ4n) is 2.54. The molecule has 0 bridgehead atoms. The third-order valence-corrected chi connectivity index (χ3v) is 3.97. The minimum Gasteiger partial charge on any atom is -0.493 e. The highest BCUT2D eigenvalue weighted by Gasteiger charge is 2.11. The number of ether oxygens (including phenoxy) is 2. The molecule has 0 spiro atoms. The van der Waals surface area contributed by atoms with Crippen LogP contribution < -0.4 is 14.8 Å². The van der Waals surface area contributed by atoms with Crippen molar-refractivity contribution < 1.29 is 14.3 Å². The maximum Gasteiger partial charge on any atom is 0.223 e. The normalized spacial score (nSPS) is 11.6. The van der Waals surface area contributed by atoms with Crippen LogP contribution in [0.3, 0.4) is 0 Å². The van der Waals surface area contributed by atoms with Crippen LogP contribution in [0.5, 0.6) is 11.5 Å². The molecule has 1 unspecified atom stereocenters. The van der Waals surface area contributed by atoms with Crippen LogP contribution in [0.25, 0.3) is 0 Å². The van der Waals surface area contributed by atoms with E-state index in [1.54, 1.807) is 7.11 Å². The first-order chi connectivity index (χ1) is 11.7. The van der Waals surface area contributed by atoms with Gasteiger partial charge in [0.05, 0.1) is 20.1 Å². The van der Waals surface area contributed by atoms with Crippen molar-refractivity contribution in [2.75, 3.05) is 20.3 Å². The van der Waals surface area contributed by atoms with Gasteiger partial charge in [0, 0.05) is 12.5 Å². The van der Waals surface area contributed by atoms with Crippen molar-refractivity contribution in [2.24, 2.45) is 0 Å². The van der Waals surface area contributed by atoms with Gasteiger partial charge in [-0.05, 0) is 24.1 Å². The Balaban J connectivity index is 1.75. The van der Waals surface area contributed by atoms with Crippen LogP contribution in [0.15, 0.2) is 54.6 Å². The largest absolute Gasteiger partial charge is 0.493 e. The van der Waals surface area contributed by atoms with Crippen molar-refractivity contribution in [3.8, 4) is 11.5 Å². The SMILES string of the molecule is CCC(CNC(=O)CCOc1ccccc1OC)c1ccccc1. The van der Waals surface area contributed by atoms with Crippen LogP contribution in [-0.4, -0.2) is 26.2 Å². The lowest BCUT2D eigenvalue weighted by molar-refractivity contribution is -0.121. The number of methoxy groups -OCH3 is 1. The molecule has 0 aliphatic carbocycles. The molecule has 2 rings (SSSR count). The van der Waals surface area contributed by atoms with Crippen LogP contribution in [0.4, 0.5) is 0 Å². The van der Waals surface area contributed by atoms with Gasteiger partial charge in [0.2, 0.25) is 5.91 Å². The second kappa shape index (κ2) is 9.60. The van der Waals surface area contributed by atoms with E-state index in [0.717, 1.165) is 6.42 Å². The standard InChI is InChI=1S/C20H25NO3/c1-3-16(17-9-5-4-6-10-17)15-21-20(22)13-14-24-19-12-8-7-11-18(19)23-2/h4-12,16H,3,13-15H2,1-2H3,(H,21,22). The molecule has 0 fully saturated rings. The van der Waals surface area contributed by atoms with Gasteiger partial charge in [0.1, 0.15) is 0 Å². The Kier molecular flexibility index (Phi) is 7.15. The van der Waals surface area contributed by atoms with E-state index >= 15 is 0 Å². The first kappa shape index (κ1) is 17.9. The second-order valence-electron chi connectivity index (χ2n) is 5.57. The lowest BCUT2D eigenvalue weighted by Crippen LogP contribution is -2.29. The highest BCUT2D eigenvalue weighted by atomic mass is 16.5. The van der Waals surface area contributed by atoms with E-state index in [1.165, 1.54) is 5.56 Å². The molecule has 1 atom stereocenters. The van der Waals surface area contributed by atoms with Gasteiger partial charge in [0.25, 0.3) is 0 Å². The molecule has 2 aromatic rings. The Morgan fingerprint density at radius 1 is 1.04 bits per heavy atom. The van der Waals surface area contributed by atoms with Gasteiger partial charge in [-0.2, -0.15) is 0 Å². The molecule has 2 aromatic carbocycles. The Bertz CT molecular complexity index is 628. The van der Waals surface area contributed by atoms with Crippen LogP contribution in [-0.2, 0) is 4.79 Å². The molecule has 0 aliphatic rings. The van der Waals surface area contributed by atoms with Gasteiger partial charge in [-0.3, -0.25) is 4.79 Å². The van der Waals surface area contributed by atoms with Gasteiger partial charge in [-0.1, -0.05) is 49.4 Å². The number of rotatable bonds is 9. The monoisotopic (exact) mass is 327 g/mol. The molecule has 128 valence electrons. The summed E-state index contributed by atoms with van der Waals surface area (Å²) in [5, 5.41) is 3.00. The van der Waals surface area contributed by atoms with Gasteiger partial charge in [-0.25, -0.2) is 0 Å². The molecule has 1 amide bonds. The Morgan fingerprint density at radius 3 is 2.38 bits per heavy atom. The number of hydrogen-bond donors (Lipinski definition) is 1. The summed E-state index contributed by atoms with van der Waals surface area (Å²) in [4.78, 5) is 12.0. The zero-order chi connectivity index (χ0) is 17.2. The van der Waals surface area contributed by atoms with Crippen molar-refractivity contribution in [1.29, 1.82) is 0 Å². The number of nitrogens with one attached hydrogen (secondary N) is 1. The minimum atomic E-state index is -0.000668. The molecule has 0 aliphatic heterocycles. The van der Waals surface area contributed by atoms with E-state index in [9.17, 15) is 4.79 Å². The highest BCUT2D eigenvalue weighted by Crippen LogP contribution is 2.25. The quantitative estimate of drug-likeness (QED) is 0.762. The zero-order valence-electron chi connectivity index (χ0n) is 14.3. The van der Waals surface area contributed by atoms with Gasteiger partial charge < -0.3 is 14.8 Å². The van der Waals surface area contributed by atoms with Crippen molar-refractivity contribution in [3.63, 3.8) is 0 Å². The lowest BCUT2D eigenvalue weighted by atomic mass is 9.96. The van der Waals surface area contributed by atoms with Gasteiger partial charge in [-0.15, -0.1) is 0 Å². The van der Waals surface area contributed by atoms with Gasteiger partial charge >= 0.3 is 0 Å². The smallest absolute Gasteiger partial charge is 0.223 e. The van der Waals surface area contributed by atoms with Crippen LogP contribution in [0.1, 0.15) is 31.2 Å². The van der Waals surface area contributed by atoms with E-state index in [0.29, 0.717) is 37.0 Å². The van der Waals surface area contributed by atoms with Crippen LogP contribution in [0, 0.1) is 0 Å². The Morgan fingerprint density at radius 2 is 1.71 bits per heavy atom. The summed E-state index contributed by atoms with van der Waals surface area (Å²) >= 11 is 0. The lowest BCUT2D eigenvalue weighted by Gasteiger charge is -2.16. The van der Waals surface area contributed by atoms with Crippen molar-refractivity contribution in [2.45, 2.75) is 25.7 Å². The maximum absolute atomic E-state index is 12.0. The summed E-state index contributed by atoms with van der Waals surface area (Å²) in [6, 6.07) is 17.7. The number of carbonyl (C=O) groups is 1. The molecule has 0 aromatic heterocycles. The van der Waals surface area contributed by atoms with Crippen LogP contribution in [0.2, 0.25) is 0 Å². The molecule has 0 saturated carbocycles. The summed E-state index contributed by atoms with van der Waals surface area (Å²) in [5.74, 6) is 1.67. The first-order valence-corrected chi connectivity index (χ1v) is 8.32. The Labute approximate surface area is 143 Å². The number of hydrogen-bond acceptors (Lipinski definition) is 3. The topological polar surface area (TPSA) is 47.6 Å². The Hall–Kier alpha value is -2.49. The average molecular weight is 327 g/mol. The van der Waals surface area contributed by atoms with E-state index in [1.807, 2.05) is 42.5 Å². The third kappa shape index (κ3) is 5.30. The summed E-state index contributed by atoms with van der Waals surface area (Å²) in [6.07, 6.45) is 1.31. The number of amides is 1. The molecule has 4 heteroatoms. The summed E-state index contributed by atoms with van der Waals surface area (Å²) in [7, 11) is 1.60. The first-order valence-electron chi connectivity index (χ1n) is 8.32. The molecule has 0 radical (unpaired) electrons. The minimum absolute atomic E-state index is 0.000668. The predicted molar refractivity (Wildman–Crippen MR) is 95.6 cm³/mol. The number of para-hydroxylation sites is 2. The second-order valence-corrected chi connectivity index (χ2v) is 5.57. The van der Waals surface area contributed by atoms with Gasteiger partial charge in [0.15, 0.2) is 11.5 Å². The third-order valence-electron chi connectivity index (χ3n) is 3.97. The number of benzene rings is 2. The van der Waals surface area contributed by atoms with E-state index in [4.69, 9.17) is 9.47 Å². The average Bonchev–Trinajstić information content (AvgIpc) is 2.63. The fraction of sp³-hybridized carbons (Fsp3) is 0.350. The molecular formula is C20H25NO3. The molecule has 24 heavy (non-hydrogen) atoms. The zero-order valence-corrected chi connectivity index (χ0v) is 14.3. The van der Waals surface area contributed by atoms with E-state index < -0.39 is 0 Å². The molecular weight excluding hydrogens is 302 g/mol.